The fraction of sp³-hybridized carbons (Fsp3) is 0.625. The lowest BCUT2D eigenvalue weighted by Gasteiger charge is -2.10. The van der Waals surface area contributed by atoms with Crippen LogP contribution in [0.3, 0.4) is 0 Å². The van der Waals surface area contributed by atoms with Crippen molar-refractivity contribution in [1.82, 2.24) is 9.78 Å². The normalized spacial score (nSPS) is 25.4. The van der Waals surface area contributed by atoms with E-state index in [0.717, 1.165) is 9.39 Å². The van der Waals surface area contributed by atoms with Gasteiger partial charge in [-0.1, -0.05) is 0 Å². The molecule has 1 fully saturated rings. The molecule has 4 nitrogen and oxygen atoms in total. The highest BCUT2D eigenvalue weighted by Crippen LogP contribution is 2.24. The van der Waals surface area contributed by atoms with E-state index in [1.54, 1.807) is 0 Å². The molecular weight excluding hydrogens is 315 g/mol. The van der Waals surface area contributed by atoms with Gasteiger partial charge in [0.1, 0.15) is 3.70 Å². The number of nitrogens with zero attached hydrogens (tertiary/aromatic N) is 2. The summed E-state index contributed by atoms with van der Waals surface area (Å²) < 4.78 is 25.3. The molecule has 6 heteroatoms. The summed E-state index contributed by atoms with van der Waals surface area (Å²) in [5.41, 5.74) is 1.04. The second-order valence-corrected chi connectivity index (χ2v) is 6.94. The van der Waals surface area contributed by atoms with Crippen molar-refractivity contribution in [2.24, 2.45) is 0 Å². The van der Waals surface area contributed by atoms with Crippen molar-refractivity contribution < 1.29 is 8.42 Å². The van der Waals surface area contributed by atoms with Gasteiger partial charge in [0, 0.05) is 5.69 Å². The Bertz CT molecular complexity index is 452. The minimum absolute atomic E-state index is 0.0449. The lowest BCUT2D eigenvalue weighted by Crippen LogP contribution is -2.13. The van der Waals surface area contributed by atoms with Gasteiger partial charge in [0.2, 0.25) is 0 Å². The molecule has 1 aromatic rings. The van der Waals surface area contributed by atoms with Crippen molar-refractivity contribution in [2.75, 3.05) is 11.5 Å². The van der Waals surface area contributed by atoms with E-state index >= 15 is 0 Å². The quantitative estimate of drug-likeness (QED) is 0.728. The molecule has 1 aliphatic heterocycles. The summed E-state index contributed by atoms with van der Waals surface area (Å²) in [6.07, 6.45) is 0.695. The van der Waals surface area contributed by atoms with Crippen LogP contribution in [0.1, 0.15) is 18.2 Å². The Balaban J connectivity index is 2.30. The summed E-state index contributed by atoms with van der Waals surface area (Å²) in [6, 6.07) is 2.01. The Hall–Kier alpha value is -0.110. The highest BCUT2D eigenvalue weighted by atomic mass is 127. The summed E-state index contributed by atoms with van der Waals surface area (Å²) in [7, 11) is -2.81. The van der Waals surface area contributed by atoms with Crippen molar-refractivity contribution in [3.63, 3.8) is 0 Å². The molecule has 0 N–H and O–H groups in total. The SMILES string of the molecule is Cc1cc(I)nn1C1CCS(=O)(=O)C1. The minimum Gasteiger partial charge on any atom is -0.265 e. The topological polar surface area (TPSA) is 52.0 Å². The lowest BCUT2D eigenvalue weighted by atomic mass is 10.2. The van der Waals surface area contributed by atoms with E-state index in [1.165, 1.54) is 0 Å². The number of hydrogen-bond acceptors (Lipinski definition) is 3. The summed E-state index contributed by atoms with van der Waals surface area (Å²) in [5, 5.41) is 4.30. The first-order chi connectivity index (χ1) is 6.48. The molecule has 0 radical (unpaired) electrons. The zero-order valence-corrected chi connectivity index (χ0v) is 10.7. The van der Waals surface area contributed by atoms with Gasteiger partial charge in [0.05, 0.1) is 17.5 Å². The number of aryl methyl sites for hydroxylation is 1. The molecule has 0 amide bonds. The van der Waals surface area contributed by atoms with Crippen molar-refractivity contribution in [3.8, 4) is 0 Å². The number of sulfone groups is 1. The zero-order chi connectivity index (χ0) is 10.3. The Morgan fingerprint density at radius 2 is 2.36 bits per heavy atom. The Morgan fingerprint density at radius 1 is 1.64 bits per heavy atom. The first kappa shape index (κ1) is 10.4. The molecule has 2 rings (SSSR count). The average molecular weight is 326 g/mol. The summed E-state index contributed by atoms with van der Waals surface area (Å²) >= 11 is 2.14. The summed E-state index contributed by atoms with van der Waals surface area (Å²) in [4.78, 5) is 0. The predicted molar refractivity (Wildman–Crippen MR) is 62.0 cm³/mol. The standard InChI is InChI=1S/C8H11IN2O2S/c1-6-4-8(9)10-11(6)7-2-3-14(12,13)5-7/h4,7H,2-3,5H2,1H3. The molecule has 0 aromatic carbocycles. The third-order valence-electron chi connectivity index (χ3n) is 2.45. The molecule has 1 aliphatic rings. The van der Waals surface area contributed by atoms with Gasteiger partial charge >= 0.3 is 0 Å². The number of aromatic nitrogens is 2. The van der Waals surface area contributed by atoms with Crippen LogP contribution in [0.2, 0.25) is 0 Å². The second kappa shape index (κ2) is 3.48. The van der Waals surface area contributed by atoms with Crippen LogP contribution >= 0.6 is 22.6 Å². The molecule has 0 saturated carbocycles. The molecule has 1 unspecified atom stereocenters. The van der Waals surface area contributed by atoms with Crippen molar-refractivity contribution in [1.29, 1.82) is 0 Å². The molecule has 0 bridgehead atoms. The lowest BCUT2D eigenvalue weighted by molar-refractivity contribution is 0.486. The summed E-state index contributed by atoms with van der Waals surface area (Å²) in [5.74, 6) is 0.541. The fourth-order valence-electron chi connectivity index (χ4n) is 1.79. The van der Waals surface area contributed by atoms with Gasteiger partial charge in [-0.15, -0.1) is 0 Å². The fourth-order valence-corrected chi connectivity index (χ4v) is 4.16. The maximum Gasteiger partial charge on any atom is 0.152 e. The van der Waals surface area contributed by atoms with Gasteiger partial charge in [-0.2, -0.15) is 5.10 Å². The number of hydrogen-bond donors (Lipinski definition) is 0. The van der Waals surface area contributed by atoms with Crippen LogP contribution in [0.15, 0.2) is 6.07 Å². The number of halogens is 1. The zero-order valence-electron chi connectivity index (χ0n) is 7.77. The van der Waals surface area contributed by atoms with E-state index in [2.05, 4.69) is 27.7 Å². The van der Waals surface area contributed by atoms with Gasteiger partial charge < -0.3 is 0 Å². The Kier molecular flexibility index (Phi) is 2.59. The van der Waals surface area contributed by atoms with Gasteiger partial charge in [-0.3, -0.25) is 4.68 Å². The van der Waals surface area contributed by atoms with Gasteiger partial charge in [-0.25, -0.2) is 8.42 Å². The monoisotopic (exact) mass is 326 g/mol. The molecule has 78 valence electrons. The maximum absolute atomic E-state index is 11.3. The van der Waals surface area contributed by atoms with Crippen molar-refractivity contribution >= 4 is 32.4 Å². The van der Waals surface area contributed by atoms with Crippen LogP contribution in [0.5, 0.6) is 0 Å². The molecule has 1 aromatic heterocycles. The van der Waals surface area contributed by atoms with Crippen LogP contribution in [0.25, 0.3) is 0 Å². The molecular formula is C8H11IN2O2S. The molecule has 0 aliphatic carbocycles. The third kappa shape index (κ3) is 1.95. The Labute approximate surface area is 96.7 Å². The van der Waals surface area contributed by atoms with Crippen LogP contribution in [-0.2, 0) is 9.84 Å². The van der Waals surface area contributed by atoms with Crippen LogP contribution < -0.4 is 0 Å². The van der Waals surface area contributed by atoms with Gasteiger partial charge in [0.15, 0.2) is 9.84 Å². The molecule has 1 atom stereocenters. The molecule has 2 heterocycles. The van der Waals surface area contributed by atoms with Crippen LogP contribution in [0, 0.1) is 10.6 Å². The van der Waals surface area contributed by atoms with Gasteiger partial charge in [0.25, 0.3) is 0 Å². The highest BCUT2D eigenvalue weighted by Gasteiger charge is 2.30. The molecule has 0 spiro atoms. The predicted octanol–water partition coefficient (Wildman–Crippen LogP) is 1.16. The third-order valence-corrected chi connectivity index (χ3v) is 4.72. The van der Waals surface area contributed by atoms with E-state index in [9.17, 15) is 8.42 Å². The smallest absolute Gasteiger partial charge is 0.152 e. The first-order valence-electron chi connectivity index (χ1n) is 4.40. The van der Waals surface area contributed by atoms with Crippen LogP contribution in [0.4, 0.5) is 0 Å². The molecule has 1 saturated heterocycles. The number of rotatable bonds is 1. The van der Waals surface area contributed by atoms with E-state index in [0.29, 0.717) is 12.2 Å². The van der Waals surface area contributed by atoms with Crippen molar-refractivity contribution in [3.05, 3.63) is 15.5 Å². The highest BCUT2D eigenvalue weighted by molar-refractivity contribution is 14.1. The minimum atomic E-state index is -2.81. The average Bonchev–Trinajstić information content (AvgIpc) is 2.55. The van der Waals surface area contributed by atoms with E-state index in [1.807, 2.05) is 17.7 Å². The first-order valence-corrected chi connectivity index (χ1v) is 7.30. The van der Waals surface area contributed by atoms with Crippen LogP contribution in [-0.4, -0.2) is 29.7 Å². The molecule has 14 heavy (non-hydrogen) atoms. The van der Waals surface area contributed by atoms with E-state index in [4.69, 9.17) is 0 Å². The maximum atomic E-state index is 11.3. The second-order valence-electron chi connectivity index (χ2n) is 3.61. The van der Waals surface area contributed by atoms with Gasteiger partial charge in [-0.05, 0) is 42.0 Å². The van der Waals surface area contributed by atoms with E-state index in [-0.39, 0.29) is 11.8 Å². The summed E-state index contributed by atoms with van der Waals surface area (Å²) in [6.45, 7) is 1.96. The Morgan fingerprint density at radius 3 is 2.79 bits per heavy atom. The largest absolute Gasteiger partial charge is 0.265 e. The van der Waals surface area contributed by atoms with Crippen molar-refractivity contribution in [2.45, 2.75) is 19.4 Å². The van der Waals surface area contributed by atoms with E-state index < -0.39 is 9.84 Å².